The molecule has 0 radical (unpaired) electrons. The van der Waals surface area contributed by atoms with Gasteiger partial charge in [0.1, 0.15) is 22.3 Å². The van der Waals surface area contributed by atoms with Gasteiger partial charge in [-0.25, -0.2) is 0 Å². The molecule has 5 aromatic carbocycles. The molecule has 7 rings (SSSR count). The van der Waals surface area contributed by atoms with Crippen LogP contribution in [0.25, 0.3) is 65.8 Å². The van der Waals surface area contributed by atoms with Crippen molar-refractivity contribution < 1.29 is 8.83 Å². The van der Waals surface area contributed by atoms with Gasteiger partial charge in [-0.1, -0.05) is 72.3 Å². The molecular formula is C28H15ClO2. The Hall–Kier alpha value is -3.75. The second-order valence-corrected chi connectivity index (χ2v) is 8.32. The summed E-state index contributed by atoms with van der Waals surface area (Å²) in [5.41, 5.74) is 5.35. The maximum Gasteiger partial charge on any atom is 0.143 e. The molecule has 0 bridgehead atoms. The number of halogens is 1. The number of benzene rings is 5. The average molecular weight is 419 g/mol. The fourth-order valence-electron chi connectivity index (χ4n) is 4.67. The summed E-state index contributed by atoms with van der Waals surface area (Å²) in [5, 5.41) is 7.19. The SMILES string of the molecule is Clc1cc(-c2cccc3c2oc2ccccc23)cc2oc3cc4ccccc4cc3c12. The molecule has 7 aromatic rings. The van der Waals surface area contributed by atoms with Crippen molar-refractivity contribution in [3.63, 3.8) is 0 Å². The molecule has 2 aromatic heterocycles. The van der Waals surface area contributed by atoms with Crippen LogP contribution in [-0.2, 0) is 0 Å². The Balaban J connectivity index is 1.53. The first-order valence-electron chi connectivity index (χ1n) is 10.2. The van der Waals surface area contributed by atoms with Crippen molar-refractivity contribution in [2.75, 3.05) is 0 Å². The van der Waals surface area contributed by atoms with Gasteiger partial charge in [-0.2, -0.15) is 0 Å². The highest BCUT2D eigenvalue weighted by molar-refractivity contribution is 6.38. The molecule has 0 unspecified atom stereocenters. The predicted octanol–water partition coefficient (Wildman–Crippen LogP) is 8.96. The van der Waals surface area contributed by atoms with Gasteiger partial charge in [-0.05, 0) is 46.7 Å². The van der Waals surface area contributed by atoms with E-state index in [0.29, 0.717) is 5.02 Å². The van der Waals surface area contributed by atoms with Gasteiger partial charge in [0, 0.05) is 27.1 Å². The maximum absolute atomic E-state index is 6.82. The number of para-hydroxylation sites is 2. The van der Waals surface area contributed by atoms with E-state index in [-0.39, 0.29) is 0 Å². The van der Waals surface area contributed by atoms with Crippen LogP contribution in [0.5, 0.6) is 0 Å². The minimum Gasteiger partial charge on any atom is -0.456 e. The zero-order chi connectivity index (χ0) is 20.5. The van der Waals surface area contributed by atoms with E-state index in [2.05, 4.69) is 54.6 Å². The monoisotopic (exact) mass is 418 g/mol. The Morgan fingerprint density at radius 2 is 1.32 bits per heavy atom. The Labute approximate surface area is 182 Å². The molecule has 0 aliphatic rings. The van der Waals surface area contributed by atoms with Crippen LogP contribution in [-0.4, -0.2) is 0 Å². The van der Waals surface area contributed by atoms with Crippen molar-refractivity contribution in [3.05, 3.63) is 96.0 Å². The third kappa shape index (κ3) is 2.40. The summed E-state index contributed by atoms with van der Waals surface area (Å²) in [7, 11) is 0. The van der Waals surface area contributed by atoms with Crippen LogP contribution in [0.2, 0.25) is 5.02 Å². The summed E-state index contributed by atoms with van der Waals surface area (Å²) in [6.07, 6.45) is 0. The van der Waals surface area contributed by atoms with Crippen molar-refractivity contribution in [1.29, 1.82) is 0 Å². The summed E-state index contributed by atoms with van der Waals surface area (Å²) in [6, 6.07) is 30.9. The smallest absolute Gasteiger partial charge is 0.143 e. The Morgan fingerprint density at radius 1 is 0.548 bits per heavy atom. The van der Waals surface area contributed by atoms with Gasteiger partial charge in [-0.3, -0.25) is 0 Å². The number of rotatable bonds is 1. The number of hydrogen-bond acceptors (Lipinski definition) is 2. The third-order valence-corrected chi connectivity index (χ3v) is 6.40. The molecule has 2 nitrogen and oxygen atoms in total. The van der Waals surface area contributed by atoms with Crippen molar-refractivity contribution in [1.82, 2.24) is 0 Å². The second kappa shape index (κ2) is 6.13. The minimum atomic E-state index is 0.676. The van der Waals surface area contributed by atoms with Gasteiger partial charge in [0.05, 0.1) is 5.02 Å². The van der Waals surface area contributed by atoms with Crippen LogP contribution in [0.3, 0.4) is 0 Å². The lowest BCUT2D eigenvalue weighted by molar-refractivity contribution is 0.668. The second-order valence-electron chi connectivity index (χ2n) is 7.91. The molecule has 0 fully saturated rings. The fraction of sp³-hybridized carbons (Fsp3) is 0. The summed E-state index contributed by atoms with van der Waals surface area (Å²) < 4.78 is 12.5. The van der Waals surface area contributed by atoms with Crippen molar-refractivity contribution in [3.8, 4) is 11.1 Å². The molecule has 0 aliphatic carbocycles. The Kier molecular flexibility index (Phi) is 3.36. The molecule has 0 N–H and O–H groups in total. The van der Waals surface area contributed by atoms with Gasteiger partial charge in [-0.15, -0.1) is 0 Å². The normalized spacial score (nSPS) is 12.0. The molecule has 146 valence electrons. The lowest BCUT2D eigenvalue weighted by Crippen LogP contribution is -1.80. The fourth-order valence-corrected chi connectivity index (χ4v) is 4.98. The first-order chi connectivity index (χ1) is 15.3. The van der Waals surface area contributed by atoms with Gasteiger partial charge in [0.25, 0.3) is 0 Å². The highest BCUT2D eigenvalue weighted by Crippen LogP contribution is 2.41. The molecule has 0 aliphatic heterocycles. The molecular weight excluding hydrogens is 404 g/mol. The van der Waals surface area contributed by atoms with Crippen molar-refractivity contribution in [2.45, 2.75) is 0 Å². The lowest BCUT2D eigenvalue weighted by Gasteiger charge is -2.04. The van der Waals surface area contributed by atoms with Crippen LogP contribution in [0.1, 0.15) is 0 Å². The van der Waals surface area contributed by atoms with E-state index in [1.807, 2.05) is 36.4 Å². The van der Waals surface area contributed by atoms with E-state index in [4.69, 9.17) is 20.4 Å². The molecule has 31 heavy (non-hydrogen) atoms. The lowest BCUT2D eigenvalue weighted by atomic mass is 10.0. The van der Waals surface area contributed by atoms with E-state index in [1.54, 1.807) is 0 Å². The standard InChI is InChI=1S/C28H15ClO2/c29-23-13-18(19-9-5-10-21-20-8-3-4-11-24(20)31-28(19)21)15-26-27(23)22-12-16-6-1-2-7-17(16)14-25(22)30-26/h1-15H. The highest BCUT2D eigenvalue weighted by Gasteiger charge is 2.17. The molecule has 2 heterocycles. The van der Waals surface area contributed by atoms with Crippen LogP contribution in [0.4, 0.5) is 0 Å². The molecule has 0 saturated heterocycles. The zero-order valence-corrected chi connectivity index (χ0v) is 17.1. The van der Waals surface area contributed by atoms with E-state index in [9.17, 15) is 0 Å². The molecule has 0 amide bonds. The largest absolute Gasteiger partial charge is 0.456 e. The molecule has 0 spiro atoms. The molecule has 0 saturated carbocycles. The topological polar surface area (TPSA) is 26.3 Å². The zero-order valence-electron chi connectivity index (χ0n) is 16.4. The number of furan rings is 2. The first-order valence-corrected chi connectivity index (χ1v) is 10.6. The molecule has 0 atom stereocenters. The summed E-state index contributed by atoms with van der Waals surface area (Å²) in [4.78, 5) is 0. The third-order valence-electron chi connectivity index (χ3n) is 6.11. The highest BCUT2D eigenvalue weighted by atomic mass is 35.5. The van der Waals surface area contributed by atoms with Gasteiger partial charge < -0.3 is 8.83 Å². The van der Waals surface area contributed by atoms with Gasteiger partial charge >= 0.3 is 0 Å². The Bertz CT molecular complexity index is 1800. The summed E-state index contributed by atoms with van der Waals surface area (Å²) in [5.74, 6) is 0. The van der Waals surface area contributed by atoms with Crippen LogP contribution in [0.15, 0.2) is 99.8 Å². The van der Waals surface area contributed by atoms with Crippen molar-refractivity contribution in [2.24, 2.45) is 0 Å². The van der Waals surface area contributed by atoms with Gasteiger partial charge in [0.15, 0.2) is 0 Å². The van der Waals surface area contributed by atoms with Crippen LogP contribution >= 0.6 is 11.6 Å². The summed E-state index contributed by atoms with van der Waals surface area (Å²) >= 11 is 6.82. The quantitative estimate of drug-likeness (QED) is 0.266. The van der Waals surface area contributed by atoms with E-state index in [1.165, 1.54) is 5.39 Å². The summed E-state index contributed by atoms with van der Waals surface area (Å²) in [6.45, 7) is 0. The van der Waals surface area contributed by atoms with E-state index < -0.39 is 0 Å². The first kappa shape index (κ1) is 17.0. The number of hydrogen-bond donors (Lipinski definition) is 0. The van der Waals surface area contributed by atoms with Crippen LogP contribution in [0, 0.1) is 0 Å². The van der Waals surface area contributed by atoms with Crippen LogP contribution < -0.4 is 0 Å². The van der Waals surface area contributed by atoms with E-state index >= 15 is 0 Å². The van der Waals surface area contributed by atoms with Gasteiger partial charge in [0.2, 0.25) is 0 Å². The maximum atomic E-state index is 6.82. The minimum absolute atomic E-state index is 0.676. The predicted molar refractivity (Wildman–Crippen MR) is 129 cm³/mol. The molecule has 3 heteroatoms. The van der Waals surface area contributed by atoms with Crippen molar-refractivity contribution >= 4 is 66.3 Å². The Morgan fingerprint density at radius 3 is 2.23 bits per heavy atom. The number of fused-ring (bicyclic) bond motifs is 7. The average Bonchev–Trinajstić information content (AvgIpc) is 3.35. The van der Waals surface area contributed by atoms with E-state index in [0.717, 1.165) is 60.4 Å².